The van der Waals surface area contributed by atoms with Gasteiger partial charge >= 0.3 is 11.7 Å². The molecule has 0 fully saturated rings. The van der Waals surface area contributed by atoms with E-state index in [9.17, 15) is 23.6 Å². The van der Waals surface area contributed by atoms with Crippen LogP contribution in [0.1, 0.15) is 17.4 Å². The van der Waals surface area contributed by atoms with Crippen molar-refractivity contribution < 1.29 is 27.8 Å². The third kappa shape index (κ3) is 3.79. The SMILES string of the molecule is C[C@H](OC(=O)c1cccc[n+]1[O-])C(=O)Nc1c(F)cccc1F. The molecule has 23 heavy (non-hydrogen) atoms. The molecule has 0 radical (unpaired) electrons. The molecule has 1 amide bonds. The van der Waals surface area contributed by atoms with Crippen LogP contribution in [0.15, 0.2) is 42.6 Å². The van der Waals surface area contributed by atoms with E-state index < -0.39 is 35.3 Å². The molecule has 1 heterocycles. The number of ether oxygens (including phenoxy) is 1. The summed E-state index contributed by atoms with van der Waals surface area (Å²) in [5.74, 6) is -3.89. The molecule has 120 valence electrons. The second kappa shape index (κ2) is 6.82. The van der Waals surface area contributed by atoms with Crippen LogP contribution in [0.2, 0.25) is 0 Å². The van der Waals surface area contributed by atoms with Crippen LogP contribution < -0.4 is 10.0 Å². The number of carbonyl (C=O) groups excluding carboxylic acids is 2. The number of pyridine rings is 1. The molecule has 0 spiro atoms. The van der Waals surface area contributed by atoms with E-state index >= 15 is 0 Å². The first kappa shape index (κ1) is 16.3. The number of benzene rings is 1. The monoisotopic (exact) mass is 322 g/mol. The van der Waals surface area contributed by atoms with E-state index in [1.165, 1.54) is 25.1 Å². The molecule has 2 rings (SSSR count). The number of hydrogen-bond donors (Lipinski definition) is 1. The normalized spacial score (nSPS) is 11.6. The third-order valence-electron chi connectivity index (χ3n) is 2.90. The van der Waals surface area contributed by atoms with E-state index in [0.29, 0.717) is 0 Å². The van der Waals surface area contributed by atoms with Gasteiger partial charge in [0.2, 0.25) is 0 Å². The second-order valence-electron chi connectivity index (χ2n) is 4.55. The molecule has 0 saturated carbocycles. The second-order valence-corrected chi connectivity index (χ2v) is 4.55. The van der Waals surface area contributed by atoms with Crippen molar-refractivity contribution in [1.82, 2.24) is 0 Å². The van der Waals surface area contributed by atoms with Gasteiger partial charge in [0.25, 0.3) is 5.91 Å². The number of amides is 1. The molecule has 6 nitrogen and oxygen atoms in total. The summed E-state index contributed by atoms with van der Waals surface area (Å²) < 4.78 is 32.0. The lowest BCUT2D eigenvalue weighted by molar-refractivity contribution is -0.608. The Morgan fingerprint density at radius 2 is 1.83 bits per heavy atom. The highest BCUT2D eigenvalue weighted by Crippen LogP contribution is 2.18. The summed E-state index contributed by atoms with van der Waals surface area (Å²) in [5, 5.41) is 13.4. The van der Waals surface area contributed by atoms with E-state index in [0.717, 1.165) is 24.4 Å². The molecule has 2 aromatic rings. The minimum atomic E-state index is -1.36. The molecule has 0 aliphatic carbocycles. The predicted octanol–water partition coefficient (Wildman–Crippen LogP) is 1.78. The fourth-order valence-electron chi connectivity index (χ4n) is 1.70. The van der Waals surface area contributed by atoms with Crippen molar-refractivity contribution in [2.45, 2.75) is 13.0 Å². The summed E-state index contributed by atoms with van der Waals surface area (Å²) in [4.78, 5) is 23.7. The van der Waals surface area contributed by atoms with Gasteiger partial charge in [-0.05, 0) is 25.1 Å². The summed E-state index contributed by atoms with van der Waals surface area (Å²) in [5.41, 5.74) is -0.955. The minimum Gasteiger partial charge on any atom is -0.618 e. The molecule has 1 atom stereocenters. The summed E-state index contributed by atoms with van der Waals surface area (Å²) in [6.45, 7) is 1.21. The Kier molecular flexibility index (Phi) is 4.85. The third-order valence-corrected chi connectivity index (χ3v) is 2.90. The first-order valence-electron chi connectivity index (χ1n) is 6.54. The zero-order valence-electron chi connectivity index (χ0n) is 12.0. The average Bonchev–Trinajstić information content (AvgIpc) is 2.51. The number of hydrogen-bond acceptors (Lipinski definition) is 4. The van der Waals surface area contributed by atoms with Crippen LogP contribution in [0, 0.1) is 16.8 Å². The van der Waals surface area contributed by atoms with Crippen molar-refractivity contribution >= 4 is 17.6 Å². The van der Waals surface area contributed by atoms with Crippen LogP contribution in [0.4, 0.5) is 14.5 Å². The lowest BCUT2D eigenvalue weighted by Gasteiger charge is -2.13. The van der Waals surface area contributed by atoms with Crippen molar-refractivity contribution in [3.8, 4) is 0 Å². The zero-order chi connectivity index (χ0) is 17.0. The van der Waals surface area contributed by atoms with Gasteiger partial charge in [-0.15, -0.1) is 0 Å². The van der Waals surface area contributed by atoms with Crippen LogP contribution in [-0.2, 0) is 9.53 Å². The predicted molar refractivity (Wildman–Crippen MR) is 75.3 cm³/mol. The molecular formula is C15H12F2N2O4. The molecule has 8 heteroatoms. The van der Waals surface area contributed by atoms with Gasteiger partial charge in [0.1, 0.15) is 17.3 Å². The largest absolute Gasteiger partial charge is 0.618 e. The molecule has 0 bridgehead atoms. The highest BCUT2D eigenvalue weighted by Gasteiger charge is 2.25. The Morgan fingerprint density at radius 1 is 1.17 bits per heavy atom. The maximum atomic E-state index is 13.4. The number of esters is 1. The number of nitrogens with zero attached hydrogens (tertiary/aromatic N) is 1. The lowest BCUT2D eigenvalue weighted by atomic mass is 10.2. The number of anilines is 1. The Hall–Kier alpha value is -3.03. The van der Waals surface area contributed by atoms with Crippen molar-refractivity contribution in [2.24, 2.45) is 0 Å². The lowest BCUT2D eigenvalue weighted by Crippen LogP contribution is -2.37. The zero-order valence-corrected chi connectivity index (χ0v) is 12.0. The van der Waals surface area contributed by atoms with E-state index in [4.69, 9.17) is 4.74 Å². The van der Waals surface area contributed by atoms with E-state index in [1.54, 1.807) is 0 Å². The first-order valence-corrected chi connectivity index (χ1v) is 6.54. The molecule has 1 aromatic heterocycles. The maximum absolute atomic E-state index is 13.4. The van der Waals surface area contributed by atoms with E-state index in [2.05, 4.69) is 0 Å². The Labute approximate surface area is 129 Å². The van der Waals surface area contributed by atoms with Gasteiger partial charge in [-0.1, -0.05) is 6.07 Å². The molecule has 1 aromatic carbocycles. The number of rotatable bonds is 4. The molecule has 0 unspecified atom stereocenters. The fraction of sp³-hybridized carbons (Fsp3) is 0.133. The smallest absolute Gasteiger partial charge is 0.405 e. The molecular weight excluding hydrogens is 310 g/mol. The molecule has 0 aliphatic heterocycles. The van der Waals surface area contributed by atoms with Crippen LogP contribution in [0.25, 0.3) is 0 Å². The van der Waals surface area contributed by atoms with Crippen LogP contribution >= 0.6 is 0 Å². The van der Waals surface area contributed by atoms with Gasteiger partial charge in [-0.3, -0.25) is 4.79 Å². The van der Waals surface area contributed by atoms with Crippen LogP contribution in [0.3, 0.4) is 0 Å². The summed E-state index contributed by atoms with van der Waals surface area (Å²) in [6, 6.07) is 7.17. The first-order chi connectivity index (χ1) is 10.9. The van der Waals surface area contributed by atoms with Crippen molar-refractivity contribution in [2.75, 3.05) is 5.32 Å². The van der Waals surface area contributed by atoms with Gasteiger partial charge in [-0.2, -0.15) is 4.73 Å². The van der Waals surface area contributed by atoms with Crippen LogP contribution in [0.5, 0.6) is 0 Å². The summed E-state index contributed by atoms with van der Waals surface area (Å²) in [7, 11) is 0. The fourth-order valence-corrected chi connectivity index (χ4v) is 1.70. The highest BCUT2D eigenvalue weighted by molar-refractivity contribution is 5.96. The summed E-state index contributed by atoms with van der Waals surface area (Å²) in [6.07, 6.45) is -0.266. The van der Waals surface area contributed by atoms with E-state index in [1.807, 2.05) is 5.32 Å². The van der Waals surface area contributed by atoms with Crippen molar-refractivity contribution in [1.29, 1.82) is 0 Å². The highest BCUT2D eigenvalue weighted by atomic mass is 19.1. The average molecular weight is 322 g/mol. The Bertz CT molecular complexity index is 732. The van der Waals surface area contributed by atoms with Crippen LogP contribution in [-0.4, -0.2) is 18.0 Å². The molecule has 1 N–H and O–H groups in total. The van der Waals surface area contributed by atoms with Crippen molar-refractivity contribution in [3.05, 3.63) is 65.1 Å². The topological polar surface area (TPSA) is 82.3 Å². The quantitative estimate of drug-likeness (QED) is 0.528. The number of nitrogens with one attached hydrogen (secondary N) is 1. The number of para-hydroxylation sites is 1. The summed E-state index contributed by atoms with van der Waals surface area (Å²) >= 11 is 0. The Morgan fingerprint density at radius 3 is 2.43 bits per heavy atom. The minimum absolute atomic E-state index is 0.281. The molecule has 0 saturated heterocycles. The number of aromatic nitrogens is 1. The van der Waals surface area contributed by atoms with Gasteiger partial charge in [0, 0.05) is 12.1 Å². The van der Waals surface area contributed by atoms with Gasteiger partial charge in [0.15, 0.2) is 12.3 Å². The van der Waals surface area contributed by atoms with Crippen molar-refractivity contribution in [3.63, 3.8) is 0 Å². The number of halogens is 2. The van der Waals surface area contributed by atoms with Gasteiger partial charge < -0.3 is 15.3 Å². The van der Waals surface area contributed by atoms with Gasteiger partial charge in [0.05, 0.1) is 0 Å². The van der Waals surface area contributed by atoms with E-state index in [-0.39, 0.29) is 10.4 Å². The van der Waals surface area contributed by atoms with Gasteiger partial charge in [-0.25, -0.2) is 13.6 Å². The number of carbonyl (C=O) groups is 2. The standard InChI is InChI=1S/C15H12F2N2O4/c1-9(23-15(21)12-7-2-3-8-19(12)22)14(20)18-13-10(16)5-4-6-11(13)17/h2-9H,1H3,(H,18,20)/t9-/m0/s1. The molecule has 0 aliphatic rings. The Balaban J connectivity index is 2.06. The maximum Gasteiger partial charge on any atom is 0.405 e.